The number of rotatable bonds is 5. The van der Waals surface area contributed by atoms with Crippen LogP contribution in [0.2, 0.25) is 0 Å². The summed E-state index contributed by atoms with van der Waals surface area (Å²) in [5.74, 6) is 0. The zero-order valence-corrected chi connectivity index (χ0v) is 9.89. The Balaban J connectivity index is 2.09. The van der Waals surface area contributed by atoms with Crippen LogP contribution in [0.1, 0.15) is 46.0 Å². The van der Waals surface area contributed by atoms with E-state index >= 15 is 0 Å². The van der Waals surface area contributed by atoms with Crippen LogP contribution < -0.4 is 5.32 Å². The van der Waals surface area contributed by atoms with Gasteiger partial charge in [0.25, 0.3) is 0 Å². The number of hydrogen-bond donors (Lipinski definition) is 1. The lowest BCUT2D eigenvalue weighted by molar-refractivity contribution is 0.269. The smallest absolute Gasteiger partial charge is 0.00507 e. The maximum atomic E-state index is 3.47. The fourth-order valence-electron chi connectivity index (χ4n) is 2.19. The van der Waals surface area contributed by atoms with E-state index in [2.05, 4.69) is 24.1 Å². The van der Waals surface area contributed by atoms with Crippen molar-refractivity contribution in [3.8, 4) is 0 Å². The molecule has 0 bridgehead atoms. The van der Waals surface area contributed by atoms with Gasteiger partial charge in [-0.25, -0.2) is 0 Å². The molecular weight excluding hydrogens is 172 g/mol. The van der Waals surface area contributed by atoms with E-state index in [9.17, 15) is 0 Å². The van der Waals surface area contributed by atoms with E-state index in [0.717, 1.165) is 6.54 Å². The predicted molar refractivity (Wildman–Crippen MR) is 62.7 cm³/mol. The van der Waals surface area contributed by atoms with Crippen molar-refractivity contribution in [2.24, 2.45) is 0 Å². The van der Waals surface area contributed by atoms with Gasteiger partial charge in [0.15, 0.2) is 0 Å². The van der Waals surface area contributed by atoms with Gasteiger partial charge in [-0.15, -0.1) is 0 Å². The molecule has 0 aromatic heterocycles. The third-order valence-electron chi connectivity index (χ3n) is 3.13. The zero-order valence-electron chi connectivity index (χ0n) is 9.89. The van der Waals surface area contributed by atoms with Gasteiger partial charge in [0, 0.05) is 6.04 Å². The van der Waals surface area contributed by atoms with Crippen LogP contribution in [0, 0.1) is 0 Å². The van der Waals surface area contributed by atoms with Crippen molar-refractivity contribution in [1.82, 2.24) is 10.2 Å². The first-order valence-electron chi connectivity index (χ1n) is 6.28. The van der Waals surface area contributed by atoms with E-state index in [-0.39, 0.29) is 0 Å². The molecule has 2 nitrogen and oxygen atoms in total. The topological polar surface area (TPSA) is 15.3 Å². The maximum absolute atomic E-state index is 3.47. The minimum absolute atomic E-state index is 0.684. The molecule has 1 rings (SSSR count). The van der Waals surface area contributed by atoms with E-state index in [4.69, 9.17) is 0 Å². The van der Waals surface area contributed by atoms with Gasteiger partial charge >= 0.3 is 0 Å². The zero-order chi connectivity index (χ0) is 10.2. The standard InChI is InChI=1S/C12H26N2/c1-3-13-12(2)8-11-14-9-6-4-5-7-10-14/h12-13H,3-11H2,1-2H3. The van der Waals surface area contributed by atoms with E-state index in [1.54, 1.807) is 0 Å². The summed E-state index contributed by atoms with van der Waals surface area (Å²) in [5, 5.41) is 3.47. The molecule has 0 saturated carbocycles. The van der Waals surface area contributed by atoms with Crippen LogP contribution in [0.4, 0.5) is 0 Å². The van der Waals surface area contributed by atoms with Crippen molar-refractivity contribution >= 4 is 0 Å². The van der Waals surface area contributed by atoms with Crippen molar-refractivity contribution in [3.63, 3.8) is 0 Å². The van der Waals surface area contributed by atoms with Crippen LogP contribution in [-0.4, -0.2) is 37.1 Å². The molecule has 0 aromatic rings. The minimum atomic E-state index is 0.684. The van der Waals surface area contributed by atoms with Gasteiger partial charge < -0.3 is 10.2 Å². The van der Waals surface area contributed by atoms with Crippen molar-refractivity contribution in [2.75, 3.05) is 26.2 Å². The summed E-state index contributed by atoms with van der Waals surface area (Å²) in [6, 6.07) is 0.684. The van der Waals surface area contributed by atoms with Crippen LogP contribution in [-0.2, 0) is 0 Å². The van der Waals surface area contributed by atoms with Crippen LogP contribution in [0.3, 0.4) is 0 Å². The number of nitrogens with one attached hydrogen (secondary N) is 1. The summed E-state index contributed by atoms with van der Waals surface area (Å²) in [5.41, 5.74) is 0. The Morgan fingerprint density at radius 2 is 1.79 bits per heavy atom. The molecule has 0 aliphatic carbocycles. The molecule has 1 heterocycles. The van der Waals surface area contributed by atoms with Gasteiger partial charge in [0.1, 0.15) is 0 Å². The summed E-state index contributed by atoms with van der Waals surface area (Å²) in [4.78, 5) is 2.64. The second-order valence-electron chi connectivity index (χ2n) is 4.50. The first-order chi connectivity index (χ1) is 6.83. The summed E-state index contributed by atoms with van der Waals surface area (Å²) in [6.07, 6.45) is 7.01. The molecule has 0 amide bonds. The molecule has 1 saturated heterocycles. The molecule has 0 spiro atoms. The summed E-state index contributed by atoms with van der Waals surface area (Å²) in [6.45, 7) is 9.52. The Bertz CT molecular complexity index is 128. The first-order valence-corrected chi connectivity index (χ1v) is 6.28. The molecule has 2 heteroatoms. The van der Waals surface area contributed by atoms with E-state index in [0.29, 0.717) is 6.04 Å². The lowest BCUT2D eigenvalue weighted by Crippen LogP contribution is -2.32. The highest BCUT2D eigenvalue weighted by atomic mass is 15.1. The maximum Gasteiger partial charge on any atom is 0.00507 e. The van der Waals surface area contributed by atoms with Crippen molar-refractivity contribution < 1.29 is 0 Å². The molecular formula is C12H26N2. The SMILES string of the molecule is CCNC(C)CCN1CCCCCC1. The monoisotopic (exact) mass is 198 g/mol. The lowest BCUT2D eigenvalue weighted by atomic mass is 10.2. The van der Waals surface area contributed by atoms with E-state index in [1.807, 2.05) is 0 Å². The minimum Gasteiger partial charge on any atom is -0.314 e. The number of likely N-dealkylation sites (tertiary alicyclic amines) is 1. The van der Waals surface area contributed by atoms with Gasteiger partial charge in [-0.1, -0.05) is 19.8 Å². The molecule has 1 aliphatic rings. The molecule has 84 valence electrons. The second-order valence-corrected chi connectivity index (χ2v) is 4.50. The fourth-order valence-corrected chi connectivity index (χ4v) is 2.19. The average Bonchev–Trinajstić information content (AvgIpc) is 2.43. The third-order valence-corrected chi connectivity index (χ3v) is 3.13. The largest absolute Gasteiger partial charge is 0.314 e. The molecule has 1 aliphatic heterocycles. The number of hydrogen-bond acceptors (Lipinski definition) is 2. The van der Waals surface area contributed by atoms with Gasteiger partial charge in [-0.2, -0.15) is 0 Å². The quantitative estimate of drug-likeness (QED) is 0.729. The van der Waals surface area contributed by atoms with Crippen molar-refractivity contribution in [2.45, 2.75) is 52.0 Å². The Labute approximate surface area is 89.1 Å². The molecule has 1 unspecified atom stereocenters. The van der Waals surface area contributed by atoms with Gasteiger partial charge in [-0.3, -0.25) is 0 Å². The highest BCUT2D eigenvalue weighted by molar-refractivity contribution is 4.67. The van der Waals surface area contributed by atoms with Crippen molar-refractivity contribution in [1.29, 1.82) is 0 Å². The van der Waals surface area contributed by atoms with E-state index < -0.39 is 0 Å². The molecule has 1 fully saturated rings. The fraction of sp³-hybridized carbons (Fsp3) is 1.00. The Kier molecular flexibility index (Phi) is 6.20. The molecule has 0 aromatic carbocycles. The van der Waals surface area contributed by atoms with Crippen LogP contribution in [0.25, 0.3) is 0 Å². The average molecular weight is 198 g/mol. The van der Waals surface area contributed by atoms with Gasteiger partial charge in [0.05, 0.1) is 0 Å². The Morgan fingerprint density at radius 1 is 1.14 bits per heavy atom. The Morgan fingerprint density at radius 3 is 2.36 bits per heavy atom. The van der Waals surface area contributed by atoms with Gasteiger partial charge in [0.2, 0.25) is 0 Å². The predicted octanol–water partition coefficient (Wildman–Crippen LogP) is 2.25. The highest BCUT2D eigenvalue weighted by Crippen LogP contribution is 2.10. The van der Waals surface area contributed by atoms with E-state index in [1.165, 1.54) is 51.7 Å². The van der Waals surface area contributed by atoms with Crippen LogP contribution >= 0.6 is 0 Å². The number of nitrogens with zero attached hydrogens (tertiary/aromatic N) is 1. The van der Waals surface area contributed by atoms with Gasteiger partial charge in [-0.05, 0) is 52.4 Å². The lowest BCUT2D eigenvalue weighted by Gasteiger charge is -2.22. The van der Waals surface area contributed by atoms with Crippen molar-refractivity contribution in [3.05, 3.63) is 0 Å². The van der Waals surface area contributed by atoms with Crippen LogP contribution in [0.5, 0.6) is 0 Å². The summed E-state index contributed by atoms with van der Waals surface area (Å²) in [7, 11) is 0. The summed E-state index contributed by atoms with van der Waals surface area (Å²) >= 11 is 0. The van der Waals surface area contributed by atoms with Crippen LogP contribution in [0.15, 0.2) is 0 Å². The molecule has 1 atom stereocenters. The summed E-state index contributed by atoms with van der Waals surface area (Å²) < 4.78 is 0. The third kappa shape index (κ3) is 4.97. The molecule has 14 heavy (non-hydrogen) atoms. The normalized spacial score (nSPS) is 21.9. The first kappa shape index (κ1) is 12.0. The highest BCUT2D eigenvalue weighted by Gasteiger charge is 2.09. The molecule has 0 radical (unpaired) electrons. The molecule has 1 N–H and O–H groups in total. The Hall–Kier alpha value is -0.0800. The second kappa shape index (κ2) is 7.24.